The van der Waals surface area contributed by atoms with Crippen molar-refractivity contribution in [2.45, 2.75) is 11.4 Å². The van der Waals surface area contributed by atoms with Crippen LogP contribution in [-0.4, -0.2) is 59.4 Å². The number of amides is 1. The van der Waals surface area contributed by atoms with Crippen LogP contribution in [-0.2, 0) is 19.0 Å². The fourth-order valence-corrected chi connectivity index (χ4v) is 4.40. The van der Waals surface area contributed by atoms with Crippen LogP contribution in [0, 0.1) is 0 Å². The van der Waals surface area contributed by atoms with Gasteiger partial charge in [-0.3, -0.25) is 4.18 Å². The molecule has 1 aliphatic rings. The van der Waals surface area contributed by atoms with Crippen molar-refractivity contribution in [3.8, 4) is 11.5 Å². The van der Waals surface area contributed by atoms with Crippen LogP contribution < -0.4 is 9.47 Å². The first-order valence-electron chi connectivity index (χ1n) is 9.02. The van der Waals surface area contributed by atoms with Crippen LogP contribution in [0.15, 0.2) is 54.6 Å². The van der Waals surface area contributed by atoms with Crippen molar-refractivity contribution in [2.24, 2.45) is 0 Å². The fourth-order valence-electron chi connectivity index (χ4n) is 3.19. The Labute approximate surface area is 170 Å². The summed E-state index contributed by atoms with van der Waals surface area (Å²) in [6.07, 6.45) is -1.48. The Bertz CT molecular complexity index is 933. The molecular formula is C20H23NO7S. The maximum absolute atomic E-state index is 12.5. The van der Waals surface area contributed by atoms with Crippen LogP contribution in [0.1, 0.15) is 10.8 Å². The molecule has 8 nitrogen and oxygen atoms in total. The summed E-state index contributed by atoms with van der Waals surface area (Å²) >= 11 is 0. The van der Waals surface area contributed by atoms with Gasteiger partial charge in [0.1, 0.15) is 12.7 Å². The smallest absolute Gasteiger partial charge is 0.410 e. The first-order valence-corrected chi connectivity index (χ1v) is 10.5. The minimum absolute atomic E-state index is 0.107. The molecule has 0 radical (unpaired) electrons. The summed E-state index contributed by atoms with van der Waals surface area (Å²) in [4.78, 5) is 13.7. The van der Waals surface area contributed by atoms with Gasteiger partial charge >= 0.3 is 6.09 Å². The normalized spacial score (nSPS) is 17.7. The molecule has 0 aromatic heterocycles. The van der Waals surface area contributed by atoms with E-state index >= 15 is 0 Å². The van der Waals surface area contributed by atoms with Crippen molar-refractivity contribution in [3.05, 3.63) is 60.2 Å². The summed E-state index contributed by atoms with van der Waals surface area (Å²) in [6, 6.07) is 15.8. The zero-order chi connectivity index (χ0) is 20.9. The highest BCUT2D eigenvalue weighted by Gasteiger charge is 2.44. The molecule has 1 fully saturated rings. The molecule has 2 atom stereocenters. The quantitative estimate of drug-likeness (QED) is 0.575. The number of hydrogen-bond acceptors (Lipinski definition) is 7. The summed E-state index contributed by atoms with van der Waals surface area (Å²) in [5, 5.41) is -1.11. The van der Waals surface area contributed by atoms with Crippen molar-refractivity contribution in [1.29, 1.82) is 0 Å². The van der Waals surface area contributed by atoms with E-state index < -0.39 is 27.6 Å². The monoisotopic (exact) mass is 421 g/mol. The molecule has 9 heteroatoms. The first kappa shape index (κ1) is 20.9. The van der Waals surface area contributed by atoms with Crippen LogP contribution in [0.3, 0.4) is 0 Å². The fraction of sp³-hybridized carbons (Fsp3) is 0.350. The van der Waals surface area contributed by atoms with E-state index in [-0.39, 0.29) is 19.7 Å². The number of benzene rings is 2. The molecule has 29 heavy (non-hydrogen) atoms. The van der Waals surface area contributed by atoms with Crippen molar-refractivity contribution < 1.29 is 31.6 Å². The van der Waals surface area contributed by atoms with E-state index in [0.717, 1.165) is 7.11 Å². The van der Waals surface area contributed by atoms with Gasteiger partial charge < -0.3 is 19.1 Å². The molecule has 156 valence electrons. The summed E-state index contributed by atoms with van der Waals surface area (Å²) in [5.41, 5.74) is 0.499. The van der Waals surface area contributed by atoms with Gasteiger partial charge in [-0.25, -0.2) is 4.79 Å². The van der Waals surface area contributed by atoms with E-state index in [4.69, 9.17) is 18.4 Å². The Morgan fingerprint density at radius 3 is 2.38 bits per heavy atom. The van der Waals surface area contributed by atoms with Crippen LogP contribution in [0.2, 0.25) is 0 Å². The van der Waals surface area contributed by atoms with Gasteiger partial charge in [-0.2, -0.15) is 8.42 Å². The lowest BCUT2D eigenvalue weighted by atomic mass is 10.1. The lowest BCUT2D eigenvalue weighted by Gasteiger charge is -2.21. The highest BCUT2D eigenvalue weighted by molar-refractivity contribution is 7.87. The molecule has 1 saturated heterocycles. The Morgan fingerprint density at radius 1 is 1.07 bits per heavy atom. The predicted molar refractivity (Wildman–Crippen MR) is 105 cm³/mol. The van der Waals surface area contributed by atoms with E-state index in [1.807, 2.05) is 12.1 Å². The van der Waals surface area contributed by atoms with Crippen molar-refractivity contribution >= 4 is 16.2 Å². The highest BCUT2D eigenvalue weighted by Crippen LogP contribution is 2.33. The molecule has 0 bridgehead atoms. The molecule has 0 saturated carbocycles. The number of carbonyl (C=O) groups excluding carboxylic acids is 1. The standard InChI is InChI=1S/C20H23NO7S/c1-25-16-10-6-7-11-17(16)27-13-12-21-14-18(28-20(21)22)19(29(23,24)26-2)15-8-4-3-5-9-15/h3-11,18-19H,12-14H2,1-2H3/t18?,19-/m1/s1. The van der Waals surface area contributed by atoms with Gasteiger partial charge in [0.15, 0.2) is 16.7 Å². The number of cyclic esters (lactones) is 1. The average molecular weight is 421 g/mol. The van der Waals surface area contributed by atoms with Crippen LogP contribution in [0.4, 0.5) is 4.79 Å². The Kier molecular flexibility index (Phi) is 6.60. The van der Waals surface area contributed by atoms with Gasteiger partial charge in [0.05, 0.1) is 27.3 Å². The zero-order valence-electron chi connectivity index (χ0n) is 16.2. The topological polar surface area (TPSA) is 91.4 Å². The van der Waals surface area contributed by atoms with Crippen molar-refractivity contribution in [1.82, 2.24) is 4.90 Å². The van der Waals surface area contributed by atoms with E-state index in [9.17, 15) is 13.2 Å². The van der Waals surface area contributed by atoms with Crippen molar-refractivity contribution in [3.63, 3.8) is 0 Å². The second-order valence-corrected chi connectivity index (χ2v) is 8.19. The number of hydrogen-bond donors (Lipinski definition) is 0. The van der Waals surface area contributed by atoms with E-state index in [1.54, 1.807) is 49.6 Å². The number of rotatable bonds is 9. The van der Waals surface area contributed by atoms with Crippen LogP contribution >= 0.6 is 0 Å². The number of ether oxygens (including phenoxy) is 3. The Balaban J connectivity index is 1.68. The second kappa shape index (κ2) is 9.15. The molecule has 2 aromatic rings. The zero-order valence-corrected chi connectivity index (χ0v) is 17.0. The number of nitrogens with zero attached hydrogens (tertiary/aromatic N) is 1. The number of methoxy groups -OCH3 is 1. The summed E-state index contributed by atoms with van der Waals surface area (Å²) in [7, 11) is -1.32. The average Bonchev–Trinajstić information content (AvgIpc) is 3.09. The van der Waals surface area contributed by atoms with Gasteiger partial charge in [-0.15, -0.1) is 0 Å². The molecule has 0 N–H and O–H groups in total. The third-order valence-corrected chi connectivity index (χ3v) is 6.27. The van der Waals surface area contributed by atoms with Crippen LogP contribution in [0.5, 0.6) is 11.5 Å². The van der Waals surface area contributed by atoms with E-state index in [2.05, 4.69) is 0 Å². The van der Waals surface area contributed by atoms with E-state index in [1.165, 1.54) is 4.90 Å². The summed E-state index contributed by atoms with van der Waals surface area (Å²) in [5.74, 6) is 1.15. The second-order valence-electron chi connectivity index (χ2n) is 6.36. The lowest BCUT2D eigenvalue weighted by Crippen LogP contribution is -2.33. The number of para-hydroxylation sites is 2. The molecule has 1 amide bonds. The van der Waals surface area contributed by atoms with Crippen LogP contribution in [0.25, 0.3) is 0 Å². The van der Waals surface area contributed by atoms with Gasteiger partial charge in [0.25, 0.3) is 10.1 Å². The Morgan fingerprint density at radius 2 is 1.72 bits per heavy atom. The molecule has 1 heterocycles. The molecule has 1 aliphatic heterocycles. The predicted octanol–water partition coefficient (Wildman–Crippen LogP) is 2.61. The molecule has 3 rings (SSSR count). The van der Waals surface area contributed by atoms with Gasteiger partial charge in [0.2, 0.25) is 0 Å². The summed E-state index contributed by atoms with van der Waals surface area (Å²) in [6.45, 7) is 0.549. The third-order valence-electron chi connectivity index (χ3n) is 4.61. The van der Waals surface area contributed by atoms with Crippen molar-refractivity contribution in [2.75, 3.05) is 33.9 Å². The molecule has 0 aliphatic carbocycles. The molecular weight excluding hydrogens is 398 g/mol. The molecule has 1 unspecified atom stereocenters. The lowest BCUT2D eigenvalue weighted by molar-refractivity contribution is 0.127. The Hall–Kier alpha value is -2.78. The van der Waals surface area contributed by atoms with Gasteiger partial charge in [-0.1, -0.05) is 42.5 Å². The van der Waals surface area contributed by atoms with Gasteiger partial charge in [0, 0.05) is 0 Å². The summed E-state index contributed by atoms with van der Waals surface area (Å²) < 4.78 is 46.0. The largest absolute Gasteiger partial charge is 0.493 e. The SMILES string of the molecule is COc1ccccc1OCCN1CC([C@@H](c2ccccc2)S(=O)(=O)OC)OC1=O. The number of carbonyl (C=O) groups is 1. The first-order chi connectivity index (χ1) is 14.0. The van der Waals surface area contributed by atoms with Gasteiger partial charge in [-0.05, 0) is 17.7 Å². The minimum atomic E-state index is -3.97. The highest BCUT2D eigenvalue weighted by atomic mass is 32.2. The maximum Gasteiger partial charge on any atom is 0.410 e. The maximum atomic E-state index is 12.5. The van der Waals surface area contributed by atoms with E-state index in [0.29, 0.717) is 17.1 Å². The molecule has 2 aromatic carbocycles. The minimum Gasteiger partial charge on any atom is -0.493 e. The third kappa shape index (κ3) is 4.80. The molecule has 0 spiro atoms.